The van der Waals surface area contributed by atoms with Crippen LogP contribution in [0.2, 0.25) is 6.04 Å². The van der Waals surface area contributed by atoms with Crippen LogP contribution in [0.25, 0.3) is 0 Å². The van der Waals surface area contributed by atoms with Crippen LogP contribution in [0.1, 0.15) is 26.7 Å². The van der Waals surface area contributed by atoms with Crippen LogP contribution >= 0.6 is 0 Å². The van der Waals surface area contributed by atoms with Crippen LogP contribution < -0.4 is 0 Å². The number of hydrogen-bond acceptors (Lipinski definition) is 3. The zero-order valence-corrected chi connectivity index (χ0v) is 10.1. The summed E-state index contributed by atoms with van der Waals surface area (Å²) in [5.41, 5.74) is 0. The van der Waals surface area contributed by atoms with Crippen molar-refractivity contribution in [2.24, 2.45) is 0 Å². The molecule has 1 fully saturated rings. The second-order valence-electron chi connectivity index (χ2n) is 3.33. The van der Waals surface area contributed by atoms with Crippen LogP contribution in [0.4, 0.5) is 0 Å². The molecule has 14 heavy (non-hydrogen) atoms. The van der Waals surface area contributed by atoms with E-state index in [1.54, 1.807) is 0 Å². The molecule has 0 bridgehead atoms. The van der Waals surface area contributed by atoms with E-state index in [1.165, 1.54) is 0 Å². The molecule has 1 aliphatic rings. The second-order valence-corrected chi connectivity index (χ2v) is 6.01. The lowest BCUT2D eigenvalue weighted by atomic mass is 10.2. The van der Waals surface area contributed by atoms with Gasteiger partial charge in [0.25, 0.3) is 0 Å². The summed E-state index contributed by atoms with van der Waals surface area (Å²) in [5, 5.41) is 0. The summed E-state index contributed by atoms with van der Waals surface area (Å²) in [5.74, 6) is 0. The molecule has 1 heterocycles. The van der Waals surface area contributed by atoms with Gasteiger partial charge in [-0.2, -0.15) is 0 Å². The zero-order valence-electron chi connectivity index (χ0n) is 9.12. The van der Waals surface area contributed by atoms with Crippen LogP contribution in [-0.4, -0.2) is 28.1 Å². The fraction of sp³-hybridized carbons (Fsp3) is 0.800. The molecular formula is C10H20O3Si. The topological polar surface area (TPSA) is 27.7 Å². The van der Waals surface area contributed by atoms with E-state index in [-0.39, 0.29) is 6.10 Å². The van der Waals surface area contributed by atoms with E-state index in [0.717, 1.165) is 18.9 Å². The molecule has 1 rings (SSSR count). The monoisotopic (exact) mass is 216 g/mol. The smallest absolute Gasteiger partial charge is 0.374 e. The van der Waals surface area contributed by atoms with Crippen molar-refractivity contribution in [2.45, 2.75) is 38.8 Å². The maximum absolute atomic E-state index is 5.88. The molecule has 0 aliphatic carbocycles. The number of rotatable bonds is 5. The molecule has 0 N–H and O–H groups in total. The maximum atomic E-state index is 5.88. The molecule has 3 nitrogen and oxygen atoms in total. The quantitative estimate of drug-likeness (QED) is 0.521. The molecule has 0 aromatic rings. The third-order valence-electron chi connectivity index (χ3n) is 2.29. The van der Waals surface area contributed by atoms with Crippen LogP contribution in [0.5, 0.6) is 0 Å². The third kappa shape index (κ3) is 2.92. The fourth-order valence-electron chi connectivity index (χ4n) is 1.73. The van der Waals surface area contributed by atoms with Crippen LogP contribution in [0.3, 0.4) is 0 Å². The average molecular weight is 216 g/mol. The van der Waals surface area contributed by atoms with Crippen molar-refractivity contribution in [3.63, 3.8) is 0 Å². The average Bonchev–Trinajstić information content (AvgIpc) is 2.19. The first-order valence-electron chi connectivity index (χ1n) is 5.34. The highest BCUT2D eigenvalue weighted by Gasteiger charge is 2.44. The molecular weight excluding hydrogens is 196 g/mol. The van der Waals surface area contributed by atoms with E-state index in [4.69, 9.17) is 13.3 Å². The van der Waals surface area contributed by atoms with Gasteiger partial charge in [-0.1, -0.05) is 6.08 Å². The van der Waals surface area contributed by atoms with E-state index in [2.05, 4.69) is 6.58 Å². The molecule has 4 heteroatoms. The van der Waals surface area contributed by atoms with E-state index in [1.807, 2.05) is 19.9 Å². The van der Waals surface area contributed by atoms with Crippen molar-refractivity contribution in [3.05, 3.63) is 12.7 Å². The lowest BCUT2D eigenvalue weighted by molar-refractivity contribution is 0.0302. The first-order valence-corrected chi connectivity index (χ1v) is 7.27. The van der Waals surface area contributed by atoms with Gasteiger partial charge in [-0.05, 0) is 26.7 Å². The van der Waals surface area contributed by atoms with E-state index in [9.17, 15) is 0 Å². The number of hydrogen-bond donors (Lipinski definition) is 0. The van der Waals surface area contributed by atoms with Crippen molar-refractivity contribution >= 4 is 8.80 Å². The summed E-state index contributed by atoms with van der Waals surface area (Å²) in [6, 6.07) is 0.943. The summed E-state index contributed by atoms with van der Waals surface area (Å²) in [6.45, 7) is 9.04. The Balaban J connectivity index is 2.59. The van der Waals surface area contributed by atoms with Crippen molar-refractivity contribution in [3.8, 4) is 0 Å². The van der Waals surface area contributed by atoms with Gasteiger partial charge in [-0.15, -0.1) is 6.58 Å². The first kappa shape index (κ1) is 11.9. The zero-order chi connectivity index (χ0) is 10.4. The van der Waals surface area contributed by atoms with Gasteiger partial charge in [-0.25, -0.2) is 0 Å². The molecule has 0 aromatic heterocycles. The Bertz CT molecular complexity index is 173. The molecule has 0 amide bonds. The Kier molecular flexibility index (Phi) is 4.81. The standard InChI is InChI=1S/C10H20O3Si/c1-4-10-8-7-9-14(13-10,11-5-2)12-6-3/h4,10H,1,5-9H2,2-3H3. The summed E-state index contributed by atoms with van der Waals surface area (Å²) in [4.78, 5) is 0. The molecule has 1 saturated heterocycles. The molecule has 1 aliphatic heterocycles. The molecule has 0 saturated carbocycles. The minimum Gasteiger partial charge on any atom is -0.374 e. The molecule has 82 valence electrons. The summed E-state index contributed by atoms with van der Waals surface area (Å²) < 4.78 is 17.3. The predicted molar refractivity (Wildman–Crippen MR) is 58.1 cm³/mol. The Hall–Kier alpha value is -0.163. The highest BCUT2D eigenvalue weighted by molar-refractivity contribution is 6.60. The van der Waals surface area contributed by atoms with Gasteiger partial charge in [0.1, 0.15) is 0 Å². The normalized spacial score (nSPS) is 26.0. The molecule has 0 radical (unpaired) electrons. The van der Waals surface area contributed by atoms with E-state index in [0.29, 0.717) is 13.2 Å². The van der Waals surface area contributed by atoms with Gasteiger partial charge in [0, 0.05) is 19.3 Å². The highest BCUT2D eigenvalue weighted by Crippen LogP contribution is 2.28. The largest absolute Gasteiger partial charge is 0.501 e. The van der Waals surface area contributed by atoms with Crippen molar-refractivity contribution in [1.29, 1.82) is 0 Å². The van der Waals surface area contributed by atoms with Gasteiger partial charge in [0.15, 0.2) is 0 Å². The van der Waals surface area contributed by atoms with Gasteiger partial charge in [0.05, 0.1) is 6.10 Å². The van der Waals surface area contributed by atoms with Gasteiger partial charge in [0.2, 0.25) is 0 Å². The van der Waals surface area contributed by atoms with Gasteiger partial charge < -0.3 is 13.3 Å². The second kappa shape index (κ2) is 5.65. The SMILES string of the molecule is C=CC1CCC[Si](OCC)(OCC)O1. The summed E-state index contributed by atoms with van der Waals surface area (Å²) in [6.07, 6.45) is 4.12. The van der Waals surface area contributed by atoms with Gasteiger partial charge >= 0.3 is 8.80 Å². The van der Waals surface area contributed by atoms with E-state index < -0.39 is 8.80 Å². The Morgan fingerprint density at radius 2 is 2.07 bits per heavy atom. The summed E-state index contributed by atoms with van der Waals surface area (Å²) >= 11 is 0. The highest BCUT2D eigenvalue weighted by atomic mass is 28.4. The first-order chi connectivity index (χ1) is 6.76. The lowest BCUT2D eigenvalue weighted by Crippen LogP contribution is -2.50. The molecule has 0 aromatic carbocycles. The van der Waals surface area contributed by atoms with Crippen LogP contribution in [0, 0.1) is 0 Å². The molecule has 1 atom stereocenters. The summed E-state index contributed by atoms with van der Waals surface area (Å²) in [7, 11) is -2.34. The molecule has 1 unspecified atom stereocenters. The fourth-order valence-corrected chi connectivity index (χ4v) is 4.55. The maximum Gasteiger partial charge on any atom is 0.501 e. The minimum atomic E-state index is -2.34. The molecule has 0 spiro atoms. The van der Waals surface area contributed by atoms with Gasteiger partial charge in [-0.3, -0.25) is 0 Å². The van der Waals surface area contributed by atoms with E-state index >= 15 is 0 Å². The predicted octanol–water partition coefficient (Wildman–Crippen LogP) is 2.36. The Morgan fingerprint density at radius 3 is 2.57 bits per heavy atom. The lowest BCUT2D eigenvalue weighted by Gasteiger charge is -2.35. The minimum absolute atomic E-state index is 0.119. The Morgan fingerprint density at radius 1 is 1.43 bits per heavy atom. The van der Waals surface area contributed by atoms with Crippen molar-refractivity contribution < 1.29 is 13.3 Å². The van der Waals surface area contributed by atoms with Crippen LogP contribution in [-0.2, 0) is 13.3 Å². The van der Waals surface area contributed by atoms with Crippen LogP contribution in [0.15, 0.2) is 12.7 Å². The third-order valence-corrected chi connectivity index (χ3v) is 5.38. The van der Waals surface area contributed by atoms with Crippen molar-refractivity contribution in [1.82, 2.24) is 0 Å². The van der Waals surface area contributed by atoms with Crippen molar-refractivity contribution in [2.75, 3.05) is 13.2 Å². The Labute approximate surface area is 87.4 Å².